The summed E-state index contributed by atoms with van der Waals surface area (Å²) in [5, 5.41) is 0. The molecule has 4 nitrogen and oxygen atoms in total. The Morgan fingerprint density at radius 2 is 2.21 bits per heavy atom. The summed E-state index contributed by atoms with van der Waals surface area (Å²) in [5.74, 6) is -0.673. The average Bonchev–Trinajstić information content (AvgIpc) is 2.77. The van der Waals surface area contributed by atoms with Gasteiger partial charge in [-0.15, -0.1) is 11.3 Å². The van der Waals surface area contributed by atoms with Gasteiger partial charge in [-0.25, -0.2) is 0 Å². The monoisotopic (exact) mass is 344 g/mol. The summed E-state index contributed by atoms with van der Waals surface area (Å²) in [6.07, 6.45) is 5.05. The number of amides is 2. The lowest BCUT2D eigenvalue weighted by Gasteiger charge is -2.18. The molecular weight excluding hydrogens is 328 g/mol. The van der Waals surface area contributed by atoms with Gasteiger partial charge >= 0.3 is 0 Å². The maximum absolute atomic E-state index is 12.0. The molecule has 6 heteroatoms. The van der Waals surface area contributed by atoms with Gasteiger partial charge in [0.15, 0.2) is 0 Å². The van der Waals surface area contributed by atoms with Crippen LogP contribution >= 0.6 is 27.3 Å². The SMILES string of the molecule is CCCCN(CC(N)=O)C(=O)/C=C/c1ccc(Br)s1. The smallest absolute Gasteiger partial charge is 0.247 e. The molecule has 2 amide bonds. The molecule has 0 saturated heterocycles. The zero-order valence-corrected chi connectivity index (χ0v) is 13.2. The number of nitrogens with zero attached hydrogens (tertiary/aromatic N) is 1. The molecule has 1 rings (SSSR count). The van der Waals surface area contributed by atoms with Gasteiger partial charge < -0.3 is 10.6 Å². The minimum atomic E-state index is -0.489. The highest BCUT2D eigenvalue weighted by Gasteiger charge is 2.12. The van der Waals surface area contributed by atoms with Crippen molar-refractivity contribution >= 4 is 45.2 Å². The second-order valence-electron chi connectivity index (χ2n) is 4.05. The predicted octanol–water partition coefficient (Wildman–Crippen LogP) is 2.64. The number of halogens is 1. The van der Waals surface area contributed by atoms with Crippen LogP contribution in [0.5, 0.6) is 0 Å². The minimum Gasteiger partial charge on any atom is -0.368 e. The van der Waals surface area contributed by atoms with Gasteiger partial charge in [-0.05, 0) is 40.6 Å². The molecule has 1 aromatic heterocycles. The topological polar surface area (TPSA) is 63.4 Å². The van der Waals surface area contributed by atoms with Crippen LogP contribution in [-0.2, 0) is 9.59 Å². The molecule has 0 aliphatic heterocycles. The third-order valence-electron chi connectivity index (χ3n) is 2.42. The largest absolute Gasteiger partial charge is 0.368 e. The van der Waals surface area contributed by atoms with Crippen LogP contribution < -0.4 is 5.73 Å². The van der Waals surface area contributed by atoms with Crippen LogP contribution in [0.4, 0.5) is 0 Å². The molecule has 0 spiro atoms. The van der Waals surface area contributed by atoms with E-state index in [9.17, 15) is 9.59 Å². The molecule has 1 heterocycles. The van der Waals surface area contributed by atoms with Gasteiger partial charge in [0.25, 0.3) is 0 Å². The molecule has 0 aliphatic rings. The molecule has 1 aromatic rings. The Bertz CT molecular complexity index is 471. The summed E-state index contributed by atoms with van der Waals surface area (Å²) in [4.78, 5) is 25.4. The van der Waals surface area contributed by atoms with Crippen LogP contribution in [0, 0.1) is 0 Å². The molecule has 0 bridgehead atoms. The Morgan fingerprint density at radius 3 is 2.74 bits per heavy atom. The van der Waals surface area contributed by atoms with E-state index in [-0.39, 0.29) is 12.5 Å². The summed E-state index contributed by atoms with van der Waals surface area (Å²) in [7, 11) is 0. The summed E-state index contributed by atoms with van der Waals surface area (Å²) in [5.41, 5.74) is 5.15. The van der Waals surface area contributed by atoms with E-state index in [0.29, 0.717) is 6.54 Å². The fourth-order valence-corrected chi connectivity index (χ4v) is 2.81. The van der Waals surface area contributed by atoms with E-state index in [0.717, 1.165) is 21.5 Å². The van der Waals surface area contributed by atoms with Crippen LogP contribution in [0.2, 0.25) is 0 Å². The van der Waals surface area contributed by atoms with Crippen LogP contribution in [0.25, 0.3) is 6.08 Å². The van der Waals surface area contributed by atoms with Crippen LogP contribution in [0.3, 0.4) is 0 Å². The van der Waals surface area contributed by atoms with Crippen LogP contribution in [0.1, 0.15) is 24.6 Å². The second kappa shape index (κ2) is 8.12. The minimum absolute atomic E-state index is 0.0304. The standard InChI is InChI=1S/C13H17BrN2O2S/c1-2-3-8-16(9-12(15)17)13(18)7-5-10-4-6-11(14)19-10/h4-7H,2-3,8-9H2,1H3,(H2,15,17)/b7-5+. The maximum atomic E-state index is 12.0. The average molecular weight is 345 g/mol. The molecule has 0 radical (unpaired) electrons. The van der Waals surface area contributed by atoms with Gasteiger partial charge in [-0.1, -0.05) is 13.3 Å². The quantitative estimate of drug-likeness (QED) is 0.772. The lowest BCUT2D eigenvalue weighted by molar-refractivity contribution is -0.131. The van der Waals surface area contributed by atoms with E-state index in [1.54, 1.807) is 17.4 Å². The summed E-state index contributed by atoms with van der Waals surface area (Å²) in [6, 6.07) is 3.84. The van der Waals surface area contributed by atoms with Gasteiger partial charge in [-0.2, -0.15) is 0 Å². The van der Waals surface area contributed by atoms with E-state index < -0.39 is 5.91 Å². The zero-order valence-electron chi connectivity index (χ0n) is 10.8. The molecule has 0 aromatic carbocycles. The first-order chi connectivity index (χ1) is 9.02. The number of hydrogen-bond acceptors (Lipinski definition) is 3. The normalized spacial score (nSPS) is 10.8. The molecule has 0 saturated carbocycles. The highest BCUT2D eigenvalue weighted by molar-refractivity contribution is 9.11. The molecule has 0 atom stereocenters. The number of carbonyl (C=O) groups is 2. The summed E-state index contributed by atoms with van der Waals surface area (Å²) < 4.78 is 1.01. The van der Waals surface area contributed by atoms with E-state index in [4.69, 9.17) is 5.73 Å². The highest BCUT2D eigenvalue weighted by Crippen LogP contribution is 2.23. The number of carbonyl (C=O) groups excluding carboxylic acids is 2. The number of primary amides is 1. The van der Waals surface area contributed by atoms with Crippen LogP contribution in [0.15, 0.2) is 22.0 Å². The van der Waals surface area contributed by atoms with E-state index in [2.05, 4.69) is 15.9 Å². The maximum Gasteiger partial charge on any atom is 0.247 e. The van der Waals surface area contributed by atoms with Gasteiger partial charge in [0, 0.05) is 17.5 Å². The first kappa shape index (κ1) is 15.9. The highest BCUT2D eigenvalue weighted by atomic mass is 79.9. The Kier molecular flexibility index (Phi) is 6.80. The number of nitrogens with two attached hydrogens (primary N) is 1. The van der Waals surface area contributed by atoms with Crippen molar-refractivity contribution in [1.29, 1.82) is 0 Å². The molecule has 0 aliphatic carbocycles. The predicted molar refractivity (Wildman–Crippen MR) is 81.7 cm³/mol. The number of rotatable bonds is 7. The van der Waals surface area contributed by atoms with E-state index in [1.807, 2.05) is 19.1 Å². The van der Waals surface area contributed by atoms with Gasteiger partial charge in [0.2, 0.25) is 11.8 Å². The molecule has 104 valence electrons. The lowest BCUT2D eigenvalue weighted by atomic mass is 10.3. The molecular formula is C13H17BrN2O2S. The summed E-state index contributed by atoms with van der Waals surface area (Å²) in [6.45, 7) is 2.56. The van der Waals surface area contributed by atoms with E-state index >= 15 is 0 Å². The molecule has 2 N–H and O–H groups in total. The fraction of sp³-hybridized carbons (Fsp3) is 0.385. The Hall–Kier alpha value is -1.14. The van der Waals surface area contributed by atoms with Crippen molar-refractivity contribution < 1.29 is 9.59 Å². The Balaban J connectivity index is 2.64. The first-order valence-corrected chi connectivity index (χ1v) is 7.64. The molecule has 0 fully saturated rings. The number of thiophene rings is 1. The number of unbranched alkanes of at least 4 members (excludes halogenated alkanes) is 1. The van der Waals surface area contributed by atoms with Gasteiger partial charge in [0.05, 0.1) is 10.3 Å². The van der Waals surface area contributed by atoms with Crippen molar-refractivity contribution in [3.8, 4) is 0 Å². The second-order valence-corrected chi connectivity index (χ2v) is 6.55. The third-order valence-corrected chi connectivity index (χ3v) is 4.01. The Labute approximate surface area is 125 Å². The van der Waals surface area contributed by atoms with Crippen molar-refractivity contribution in [3.05, 3.63) is 26.9 Å². The van der Waals surface area contributed by atoms with Crippen molar-refractivity contribution in [3.63, 3.8) is 0 Å². The zero-order chi connectivity index (χ0) is 14.3. The van der Waals surface area contributed by atoms with Crippen molar-refractivity contribution in [2.24, 2.45) is 5.73 Å². The van der Waals surface area contributed by atoms with Crippen molar-refractivity contribution in [2.75, 3.05) is 13.1 Å². The lowest BCUT2D eigenvalue weighted by Crippen LogP contribution is -2.38. The fourth-order valence-electron chi connectivity index (χ4n) is 1.48. The third kappa shape index (κ3) is 6.02. The van der Waals surface area contributed by atoms with Crippen molar-refractivity contribution in [1.82, 2.24) is 4.90 Å². The van der Waals surface area contributed by atoms with Gasteiger partial charge in [0.1, 0.15) is 0 Å². The van der Waals surface area contributed by atoms with Crippen molar-refractivity contribution in [2.45, 2.75) is 19.8 Å². The van der Waals surface area contributed by atoms with E-state index in [1.165, 1.54) is 11.0 Å². The van der Waals surface area contributed by atoms with Crippen LogP contribution in [-0.4, -0.2) is 29.8 Å². The molecule has 19 heavy (non-hydrogen) atoms. The Morgan fingerprint density at radius 1 is 1.47 bits per heavy atom. The first-order valence-electron chi connectivity index (χ1n) is 6.03. The number of hydrogen-bond donors (Lipinski definition) is 1. The summed E-state index contributed by atoms with van der Waals surface area (Å²) >= 11 is 4.90. The molecule has 0 unspecified atom stereocenters. The van der Waals surface area contributed by atoms with Gasteiger partial charge in [-0.3, -0.25) is 9.59 Å².